The lowest BCUT2D eigenvalue weighted by Crippen LogP contribution is -2.53. The van der Waals surface area contributed by atoms with Crippen molar-refractivity contribution in [1.82, 2.24) is 4.90 Å². The number of carbonyl (C=O) groups is 1. The van der Waals surface area contributed by atoms with Crippen LogP contribution in [0.25, 0.3) is 0 Å². The van der Waals surface area contributed by atoms with Gasteiger partial charge in [0, 0.05) is 17.9 Å². The quantitative estimate of drug-likeness (QED) is 0.690. The Morgan fingerprint density at radius 2 is 2.05 bits per heavy atom. The molecule has 0 radical (unpaired) electrons. The topological polar surface area (TPSA) is 29.5 Å². The molecule has 0 bridgehead atoms. The molecule has 112 valence electrons. The molecule has 4 aliphatic rings. The van der Waals surface area contributed by atoms with Gasteiger partial charge in [-0.25, -0.2) is 0 Å². The van der Waals surface area contributed by atoms with E-state index in [1.165, 1.54) is 45.2 Å². The molecule has 0 aromatic heterocycles. The summed E-state index contributed by atoms with van der Waals surface area (Å²) in [6, 6.07) is 0.751. The Labute approximate surface area is 122 Å². The Kier molecular flexibility index (Phi) is 3.10. The van der Waals surface area contributed by atoms with Crippen LogP contribution in [0.3, 0.4) is 0 Å². The van der Waals surface area contributed by atoms with E-state index in [0.29, 0.717) is 17.8 Å². The first-order valence-corrected chi connectivity index (χ1v) is 8.67. The molecular weight excluding hydrogens is 250 g/mol. The fraction of sp³-hybridized carbons (Fsp3) is 0.941. The van der Waals surface area contributed by atoms with Gasteiger partial charge in [-0.1, -0.05) is 20.3 Å². The molecule has 20 heavy (non-hydrogen) atoms. The van der Waals surface area contributed by atoms with Crippen molar-refractivity contribution in [2.45, 2.75) is 58.1 Å². The minimum Gasteiger partial charge on any atom is -0.462 e. The van der Waals surface area contributed by atoms with E-state index >= 15 is 0 Å². The highest BCUT2D eigenvalue weighted by atomic mass is 16.6. The zero-order valence-corrected chi connectivity index (χ0v) is 12.8. The molecule has 0 spiro atoms. The number of hydrogen-bond acceptors (Lipinski definition) is 3. The van der Waals surface area contributed by atoms with Gasteiger partial charge in [-0.05, 0) is 50.6 Å². The van der Waals surface area contributed by atoms with Crippen LogP contribution in [0, 0.1) is 29.6 Å². The third-order valence-corrected chi connectivity index (χ3v) is 6.80. The van der Waals surface area contributed by atoms with Crippen LogP contribution in [0.15, 0.2) is 0 Å². The van der Waals surface area contributed by atoms with Gasteiger partial charge in [-0.15, -0.1) is 0 Å². The fourth-order valence-electron chi connectivity index (χ4n) is 6.04. The van der Waals surface area contributed by atoms with E-state index in [1.807, 2.05) is 0 Å². The first-order valence-electron chi connectivity index (χ1n) is 8.67. The van der Waals surface area contributed by atoms with Crippen molar-refractivity contribution in [3.8, 4) is 0 Å². The second-order valence-electron chi connectivity index (χ2n) is 7.48. The van der Waals surface area contributed by atoms with Crippen LogP contribution in [-0.2, 0) is 9.53 Å². The molecule has 0 aromatic carbocycles. The third kappa shape index (κ3) is 1.65. The van der Waals surface area contributed by atoms with E-state index in [1.54, 1.807) is 0 Å². The molecule has 3 nitrogen and oxygen atoms in total. The summed E-state index contributed by atoms with van der Waals surface area (Å²) in [5.41, 5.74) is 0. The predicted molar refractivity (Wildman–Crippen MR) is 77.1 cm³/mol. The third-order valence-electron chi connectivity index (χ3n) is 6.80. The number of hydrogen-bond donors (Lipinski definition) is 0. The van der Waals surface area contributed by atoms with Gasteiger partial charge < -0.3 is 4.74 Å². The SMILES string of the molecule is CC[C@@H]1[C@H]2CCCCN3CC[C@@H]([C@H]4[C@@H]1OC(=O)[C@@H]4C)[C@@H]23. The molecule has 4 rings (SSSR count). The summed E-state index contributed by atoms with van der Waals surface area (Å²) in [7, 11) is 0. The summed E-state index contributed by atoms with van der Waals surface area (Å²) in [6.07, 6.45) is 6.77. The largest absolute Gasteiger partial charge is 0.462 e. The van der Waals surface area contributed by atoms with Gasteiger partial charge in [0.15, 0.2) is 0 Å². The standard InChI is InChI=1S/C17H27NO2/c1-3-11-12-6-4-5-8-18-9-7-13(15(12)18)14-10(2)17(19)20-16(11)14/h10-16H,3-9H2,1-2H3/t10-,11-,12-,13+,14+,15-,16-/m1/s1. The van der Waals surface area contributed by atoms with Crippen molar-refractivity contribution >= 4 is 5.97 Å². The highest BCUT2D eigenvalue weighted by Crippen LogP contribution is 2.55. The van der Waals surface area contributed by atoms with E-state index in [0.717, 1.165) is 12.0 Å². The molecule has 3 saturated heterocycles. The van der Waals surface area contributed by atoms with E-state index in [2.05, 4.69) is 18.7 Å². The first-order chi connectivity index (χ1) is 9.72. The Morgan fingerprint density at radius 3 is 2.85 bits per heavy atom. The number of carbonyl (C=O) groups excluding carboxylic acids is 1. The lowest BCUT2D eigenvalue weighted by molar-refractivity contribution is -0.148. The summed E-state index contributed by atoms with van der Waals surface area (Å²) in [5.74, 6) is 2.80. The van der Waals surface area contributed by atoms with Gasteiger partial charge in [-0.3, -0.25) is 9.69 Å². The van der Waals surface area contributed by atoms with Crippen molar-refractivity contribution in [1.29, 1.82) is 0 Å². The molecule has 0 unspecified atom stereocenters. The van der Waals surface area contributed by atoms with Crippen molar-refractivity contribution in [3.05, 3.63) is 0 Å². The lowest BCUT2D eigenvalue weighted by atomic mass is 9.60. The Hall–Kier alpha value is -0.570. The maximum atomic E-state index is 12.1. The van der Waals surface area contributed by atoms with Gasteiger partial charge in [0.25, 0.3) is 0 Å². The maximum Gasteiger partial charge on any atom is 0.309 e. The molecule has 0 N–H and O–H groups in total. The van der Waals surface area contributed by atoms with E-state index in [4.69, 9.17) is 4.74 Å². The van der Waals surface area contributed by atoms with E-state index < -0.39 is 0 Å². The molecule has 0 aromatic rings. The van der Waals surface area contributed by atoms with Gasteiger partial charge >= 0.3 is 5.97 Å². The summed E-state index contributed by atoms with van der Waals surface area (Å²) in [6.45, 7) is 6.95. The number of esters is 1. The summed E-state index contributed by atoms with van der Waals surface area (Å²) >= 11 is 0. The predicted octanol–water partition coefficient (Wildman–Crippen LogP) is 2.69. The zero-order chi connectivity index (χ0) is 13.9. The summed E-state index contributed by atoms with van der Waals surface area (Å²) < 4.78 is 5.86. The molecule has 3 heteroatoms. The first kappa shape index (κ1) is 13.1. The van der Waals surface area contributed by atoms with Crippen LogP contribution in [0.2, 0.25) is 0 Å². The second kappa shape index (κ2) is 4.72. The minimum atomic E-state index is 0.0772. The van der Waals surface area contributed by atoms with Crippen LogP contribution in [0.5, 0.6) is 0 Å². The van der Waals surface area contributed by atoms with Crippen LogP contribution < -0.4 is 0 Å². The Morgan fingerprint density at radius 1 is 1.20 bits per heavy atom. The van der Waals surface area contributed by atoms with Crippen LogP contribution in [0.1, 0.15) is 46.0 Å². The zero-order valence-electron chi connectivity index (χ0n) is 12.8. The molecule has 0 amide bonds. The molecule has 3 heterocycles. The minimum absolute atomic E-state index is 0.0772. The van der Waals surface area contributed by atoms with Crippen molar-refractivity contribution in [3.63, 3.8) is 0 Å². The van der Waals surface area contributed by atoms with Crippen LogP contribution in [-0.4, -0.2) is 36.1 Å². The van der Waals surface area contributed by atoms with Gasteiger partial charge in [0.05, 0.1) is 5.92 Å². The molecule has 7 atom stereocenters. The van der Waals surface area contributed by atoms with Crippen molar-refractivity contribution in [2.24, 2.45) is 29.6 Å². The molecule has 3 aliphatic heterocycles. The van der Waals surface area contributed by atoms with Crippen molar-refractivity contribution < 1.29 is 9.53 Å². The summed E-state index contributed by atoms with van der Waals surface area (Å²) in [4.78, 5) is 14.9. The van der Waals surface area contributed by atoms with Gasteiger partial charge in [0.1, 0.15) is 6.10 Å². The highest BCUT2D eigenvalue weighted by molar-refractivity contribution is 5.75. The van der Waals surface area contributed by atoms with Crippen LogP contribution >= 0.6 is 0 Å². The average molecular weight is 277 g/mol. The summed E-state index contributed by atoms with van der Waals surface area (Å²) in [5, 5.41) is 0. The number of rotatable bonds is 1. The Balaban J connectivity index is 1.74. The molecule has 1 aliphatic carbocycles. The number of fused-ring (bicyclic) bond motifs is 2. The normalized spacial score (nSPS) is 51.3. The number of nitrogens with zero attached hydrogens (tertiary/aromatic N) is 1. The van der Waals surface area contributed by atoms with Crippen molar-refractivity contribution in [2.75, 3.05) is 13.1 Å². The molecule has 1 saturated carbocycles. The van der Waals surface area contributed by atoms with Gasteiger partial charge in [0.2, 0.25) is 0 Å². The highest BCUT2D eigenvalue weighted by Gasteiger charge is 2.60. The molecule has 4 fully saturated rings. The smallest absolute Gasteiger partial charge is 0.309 e. The lowest BCUT2D eigenvalue weighted by Gasteiger charge is -2.48. The van der Waals surface area contributed by atoms with E-state index in [9.17, 15) is 4.79 Å². The molecular formula is C17H27NO2. The average Bonchev–Trinajstić information content (AvgIpc) is 2.89. The van der Waals surface area contributed by atoms with Crippen LogP contribution in [0.4, 0.5) is 0 Å². The fourth-order valence-corrected chi connectivity index (χ4v) is 6.04. The second-order valence-corrected chi connectivity index (χ2v) is 7.48. The number of ether oxygens (including phenoxy) is 1. The van der Waals surface area contributed by atoms with Gasteiger partial charge in [-0.2, -0.15) is 0 Å². The Bertz CT molecular complexity index is 410. The van der Waals surface area contributed by atoms with E-state index in [-0.39, 0.29) is 18.0 Å². The maximum absolute atomic E-state index is 12.1. The monoisotopic (exact) mass is 277 g/mol.